The number of hydrogen-bond acceptors (Lipinski definition) is 3. The van der Waals surface area contributed by atoms with Crippen LogP contribution in [0.4, 0.5) is 0 Å². The van der Waals surface area contributed by atoms with Gasteiger partial charge >= 0.3 is 0 Å². The first-order valence-corrected chi connectivity index (χ1v) is 7.40. The molecule has 2 heterocycles. The van der Waals surface area contributed by atoms with Gasteiger partial charge in [0.2, 0.25) is 5.91 Å². The number of aromatic nitrogens is 1. The predicted molar refractivity (Wildman–Crippen MR) is 80.6 cm³/mol. The summed E-state index contributed by atoms with van der Waals surface area (Å²) >= 11 is 0. The number of rotatable bonds is 4. The molecule has 0 N–H and O–H groups in total. The fourth-order valence-electron chi connectivity index (χ4n) is 2.90. The van der Waals surface area contributed by atoms with Gasteiger partial charge in [-0.15, -0.1) is 0 Å². The molecule has 1 unspecified atom stereocenters. The SMILES string of the molecule is CCN1CCC(c2ccc(C)nc2CN(C)C)CC1=O. The molecule has 4 heteroatoms. The standard InChI is InChI=1S/C16H25N3O/c1-5-19-9-8-13(10-16(19)20)14-7-6-12(2)17-15(14)11-18(3)4/h6-7,13H,5,8-11H2,1-4H3. The summed E-state index contributed by atoms with van der Waals surface area (Å²) in [5.41, 5.74) is 3.43. The molecule has 0 bridgehead atoms. The Labute approximate surface area is 121 Å². The lowest BCUT2D eigenvalue weighted by Gasteiger charge is -2.32. The number of amides is 1. The minimum absolute atomic E-state index is 0.278. The Morgan fingerprint density at radius 2 is 2.15 bits per heavy atom. The van der Waals surface area contributed by atoms with Gasteiger partial charge in [0.1, 0.15) is 0 Å². The Kier molecular flexibility index (Phi) is 4.76. The highest BCUT2D eigenvalue weighted by Gasteiger charge is 2.27. The summed E-state index contributed by atoms with van der Waals surface area (Å²) in [5, 5.41) is 0. The number of likely N-dealkylation sites (tertiary alicyclic amines) is 1. The topological polar surface area (TPSA) is 36.4 Å². The van der Waals surface area contributed by atoms with Crippen molar-refractivity contribution in [3.63, 3.8) is 0 Å². The number of aryl methyl sites for hydroxylation is 1. The van der Waals surface area contributed by atoms with E-state index in [4.69, 9.17) is 0 Å². The van der Waals surface area contributed by atoms with Crippen LogP contribution in [0.25, 0.3) is 0 Å². The summed E-state index contributed by atoms with van der Waals surface area (Å²) in [6.45, 7) is 6.59. The van der Waals surface area contributed by atoms with Crippen molar-refractivity contribution < 1.29 is 4.79 Å². The van der Waals surface area contributed by atoms with Crippen LogP contribution >= 0.6 is 0 Å². The summed E-state index contributed by atoms with van der Waals surface area (Å²) in [6, 6.07) is 4.23. The molecule has 110 valence electrons. The molecular formula is C16H25N3O. The number of hydrogen-bond donors (Lipinski definition) is 0. The molecular weight excluding hydrogens is 250 g/mol. The normalized spacial score (nSPS) is 19.8. The van der Waals surface area contributed by atoms with E-state index in [2.05, 4.69) is 36.1 Å². The highest BCUT2D eigenvalue weighted by Crippen LogP contribution is 2.30. The number of pyridine rings is 1. The van der Waals surface area contributed by atoms with E-state index < -0.39 is 0 Å². The highest BCUT2D eigenvalue weighted by molar-refractivity contribution is 5.78. The lowest BCUT2D eigenvalue weighted by molar-refractivity contribution is -0.133. The average Bonchev–Trinajstić information content (AvgIpc) is 2.38. The Morgan fingerprint density at radius 1 is 1.40 bits per heavy atom. The molecule has 1 aromatic heterocycles. The van der Waals surface area contributed by atoms with Gasteiger partial charge in [0.15, 0.2) is 0 Å². The maximum absolute atomic E-state index is 12.1. The van der Waals surface area contributed by atoms with Crippen LogP contribution < -0.4 is 0 Å². The molecule has 1 aliphatic heterocycles. The van der Waals surface area contributed by atoms with Crippen molar-refractivity contribution in [3.05, 3.63) is 29.1 Å². The molecule has 4 nitrogen and oxygen atoms in total. The molecule has 1 saturated heterocycles. The van der Waals surface area contributed by atoms with Crippen LogP contribution in [0.15, 0.2) is 12.1 Å². The fourth-order valence-corrected chi connectivity index (χ4v) is 2.90. The number of carbonyl (C=O) groups is 1. The third-order valence-electron chi connectivity index (χ3n) is 3.96. The first-order valence-electron chi connectivity index (χ1n) is 7.40. The van der Waals surface area contributed by atoms with Gasteiger partial charge in [0.05, 0.1) is 5.69 Å². The maximum atomic E-state index is 12.1. The second kappa shape index (κ2) is 6.35. The minimum Gasteiger partial charge on any atom is -0.343 e. The summed E-state index contributed by atoms with van der Waals surface area (Å²) in [4.78, 5) is 20.9. The van der Waals surface area contributed by atoms with E-state index >= 15 is 0 Å². The van der Waals surface area contributed by atoms with Crippen molar-refractivity contribution in [2.75, 3.05) is 27.2 Å². The minimum atomic E-state index is 0.278. The molecule has 0 saturated carbocycles. The van der Waals surface area contributed by atoms with Gasteiger partial charge in [0, 0.05) is 31.7 Å². The lowest BCUT2D eigenvalue weighted by Crippen LogP contribution is -2.38. The third-order valence-corrected chi connectivity index (χ3v) is 3.96. The molecule has 0 radical (unpaired) electrons. The Hall–Kier alpha value is -1.42. The van der Waals surface area contributed by atoms with E-state index in [9.17, 15) is 4.79 Å². The zero-order valence-corrected chi connectivity index (χ0v) is 13.0. The molecule has 1 atom stereocenters. The van der Waals surface area contributed by atoms with E-state index in [0.717, 1.165) is 37.4 Å². The summed E-state index contributed by atoms with van der Waals surface area (Å²) in [6.07, 6.45) is 1.67. The molecule has 0 spiro atoms. The quantitative estimate of drug-likeness (QED) is 0.845. The van der Waals surface area contributed by atoms with Crippen LogP contribution in [-0.2, 0) is 11.3 Å². The first kappa shape index (κ1) is 15.0. The number of carbonyl (C=O) groups excluding carboxylic acids is 1. The highest BCUT2D eigenvalue weighted by atomic mass is 16.2. The van der Waals surface area contributed by atoms with E-state index in [0.29, 0.717) is 12.3 Å². The Morgan fingerprint density at radius 3 is 2.75 bits per heavy atom. The van der Waals surface area contributed by atoms with E-state index in [1.54, 1.807) is 0 Å². The van der Waals surface area contributed by atoms with Crippen LogP contribution in [0.3, 0.4) is 0 Å². The van der Waals surface area contributed by atoms with Crippen molar-refractivity contribution >= 4 is 5.91 Å². The van der Waals surface area contributed by atoms with Crippen molar-refractivity contribution in [2.24, 2.45) is 0 Å². The van der Waals surface area contributed by atoms with Crippen LogP contribution in [0.1, 0.15) is 42.6 Å². The first-order chi connectivity index (χ1) is 9.51. The summed E-state index contributed by atoms with van der Waals surface area (Å²) in [5.74, 6) is 0.605. The van der Waals surface area contributed by atoms with Crippen LogP contribution in [0.2, 0.25) is 0 Å². The van der Waals surface area contributed by atoms with Gasteiger partial charge < -0.3 is 9.80 Å². The Bertz CT molecular complexity index is 485. The molecule has 2 rings (SSSR count). The number of nitrogens with zero attached hydrogens (tertiary/aromatic N) is 3. The van der Waals surface area contributed by atoms with Gasteiger partial charge in [-0.25, -0.2) is 0 Å². The second-order valence-electron chi connectivity index (χ2n) is 5.89. The van der Waals surface area contributed by atoms with Crippen LogP contribution in [0.5, 0.6) is 0 Å². The van der Waals surface area contributed by atoms with Gasteiger partial charge in [0.25, 0.3) is 0 Å². The van der Waals surface area contributed by atoms with E-state index in [-0.39, 0.29) is 5.91 Å². The molecule has 1 fully saturated rings. The second-order valence-corrected chi connectivity index (χ2v) is 5.89. The zero-order valence-electron chi connectivity index (χ0n) is 13.0. The monoisotopic (exact) mass is 275 g/mol. The molecule has 1 amide bonds. The molecule has 20 heavy (non-hydrogen) atoms. The van der Waals surface area contributed by atoms with Crippen LogP contribution in [-0.4, -0.2) is 47.9 Å². The van der Waals surface area contributed by atoms with Gasteiger partial charge in [-0.2, -0.15) is 0 Å². The fraction of sp³-hybridized carbons (Fsp3) is 0.625. The van der Waals surface area contributed by atoms with Crippen LogP contribution in [0, 0.1) is 6.92 Å². The zero-order chi connectivity index (χ0) is 14.7. The molecule has 0 aromatic carbocycles. The molecule has 1 aliphatic rings. The van der Waals surface area contributed by atoms with Crippen molar-refractivity contribution in [1.29, 1.82) is 0 Å². The summed E-state index contributed by atoms with van der Waals surface area (Å²) < 4.78 is 0. The van der Waals surface area contributed by atoms with Crippen molar-refractivity contribution in [3.8, 4) is 0 Å². The van der Waals surface area contributed by atoms with Crippen molar-refractivity contribution in [2.45, 2.75) is 39.2 Å². The third kappa shape index (κ3) is 3.37. The van der Waals surface area contributed by atoms with Gasteiger partial charge in [-0.3, -0.25) is 9.78 Å². The lowest BCUT2D eigenvalue weighted by atomic mass is 9.87. The maximum Gasteiger partial charge on any atom is 0.223 e. The largest absolute Gasteiger partial charge is 0.343 e. The van der Waals surface area contributed by atoms with Gasteiger partial charge in [-0.05, 0) is 51.9 Å². The van der Waals surface area contributed by atoms with Gasteiger partial charge in [-0.1, -0.05) is 6.07 Å². The predicted octanol–water partition coefficient (Wildman–Crippen LogP) is 2.18. The van der Waals surface area contributed by atoms with Crippen molar-refractivity contribution in [1.82, 2.24) is 14.8 Å². The van der Waals surface area contributed by atoms with E-state index in [1.165, 1.54) is 5.56 Å². The number of piperidine rings is 1. The molecule has 0 aliphatic carbocycles. The van der Waals surface area contributed by atoms with E-state index in [1.807, 2.05) is 18.7 Å². The smallest absolute Gasteiger partial charge is 0.223 e. The summed E-state index contributed by atoms with van der Waals surface area (Å²) in [7, 11) is 4.11. The molecule has 1 aromatic rings. The Balaban J connectivity index is 2.22. The average molecular weight is 275 g/mol.